The molecule has 0 amide bonds. The second kappa shape index (κ2) is 8.59. The van der Waals surface area contributed by atoms with Crippen molar-refractivity contribution < 1.29 is 5.11 Å². The Morgan fingerprint density at radius 3 is 2.62 bits per heavy atom. The predicted octanol–water partition coefficient (Wildman–Crippen LogP) is 6.07. The first-order chi connectivity index (χ1) is 13.8. The molecule has 1 aliphatic rings. The van der Waals surface area contributed by atoms with Gasteiger partial charge < -0.3 is 10.0 Å². The van der Waals surface area contributed by atoms with Crippen LogP contribution >= 0.6 is 11.3 Å². The number of phenols is 1. The first-order valence-corrected chi connectivity index (χ1v) is 11.3. The Balaban J connectivity index is 1.87. The number of rotatable bonds is 5. The lowest BCUT2D eigenvalue weighted by molar-refractivity contribution is 0.218. The van der Waals surface area contributed by atoms with Crippen molar-refractivity contribution in [2.24, 2.45) is 16.3 Å². The van der Waals surface area contributed by atoms with Crippen LogP contribution in [-0.4, -0.2) is 24.4 Å². The molecule has 5 heteroatoms. The van der Waals surface area contributed by atoms with Crippen molar-refractivity contribution in [3.8, 4) is 11.8 Å². The number of hydrogen-bond donors (Lipinski definition) is 1. The summed E-state index contributed by atoms with van der Waals surface area (Å²) in [7, 11) is 0. The molecule has 4 nitrogen and oxygen atoms in total. The van der Waals surface area contributed by atoms with Gasteiger partial charge in [-0.2, -0.15) is 5.26 Å². The third-order valence-corrected chi connectivity index (χ3v) is 7.21. The van der Waals surface area contributed by atoms with Crippen molar-refractivity contribution in [1.82, 2.24) is 0 Å². The number of phenolic OH excluding ortho intramolecular Hbond substituents is 1. The highest BCUT2D eigenvalue weighted by atomic mass is 32.1. The lowest BCUT2D eigenvalue weighted by Gasteiger charge is -2.33. The van der Waals surface area contributed by atoms with Crippen LogP contribution in [-0.2, 0) is 12.8 Å². The van der Waals surface area contributed by atoms with Gasteiger partial charge in [0.15, 0.2) is 0 Å². The monoisotopic (exact) mass is 409 g/mol. The maximum Gasteiger partial charge on any atom is 0.134 e. The molecule has 0 unspecified atom stereocenters. The average Bonchev–Trinajstić information content (AvgIpc) is 3.04. The van der Waals surface area contributed by atoms with Crippen LogP contribution in [0.25, 0.3) is 0 Å². The van der Waals surface area contributed by atoms with Crippen LogP contribution in [0.15, 0.2) is 23.2 Å². The topological polar surface area (TPSA) is 59.6 Å². The van der Waals surface area contributed by atoms with Crippen LogP contribution in [0.2, 0.25) is 0 Å². The zero-order valence-electron chi connectivity index (χ0n) is 18.1. The molecule has 1 aliphatic carbocycles. The molecular formula is C24H31N3OS. The molecule has 0 spiro atoms. The summed E-state index contributed by atoms with van der Waals surface area (Å²) in [5.41, 5.74) is 3.85. The van der Waals surface area contributed by atoms with E-state index in [1.54, 1.807) is 23.6 Å². The molecule has 0 aliphatic heterocycles. The van der Waals surface area contributed by atoms with Gasteiger partial charge in [0.05, 0.1) is 5.56 Å². The Kier molecular flexibility index (Phi) is 6.33. The van der Waals surface area contributed by atoms with Gasteiger partial charge in [-0.3, -0.25) is 0 Å². The van der Waals surface area contributed by atoms with Gasteiger partial charge in [0, 0.05) is 41.5 Å². The summed E-state index contributed by atoms with van der Waals surface area (Å²) < 4.78 is 0. The van der Waals surface area contributed by atoms with Gasteiger partial charge in [-0.05, 0) is 62.1 Å². The maximum absolute atomic E-state index is 10.4. The summed E-state index contributed by atoms with van der Waals surface area (Å²) in [4.78, 5) is 8.11. The molecule has 1 atom stereocenters. The van der Waals surface area contributed by atoms with Gasteiger partial charge in [0.1, 0.15) is 16.8 Å². The molecule has 0 radical (unpaired) electrons. The van der Waals surface area contributed by atoms with Gasteiger partial charge in [0.25, 0.3) is 0 Å². The van der Waals surface area contributed by atoms with Gasteiger partial charge in [0.2, 0.25) is 0 Å². The standard InChI is InChI=1S/C24H31N3OS/c1-6-27(7-2)18-10-8-16(21(28)13-18)15-26-23-20(14-25)19-11-9-17(24(3,4)5)12-22(19)29-23/h8,10,13,15,17,28H,6-7,9,11-12H2,1-5H3/t17-/m0/s1. The van der Waals surface area contributed by atoms with E-state index in [2.05, 4.69) is 50.6 Å². The van der Waals surface area contributed by atoms with Crippen molar-refractivity contribution >= 4 is 28.2 Å². The molecule has 29 heavy (non-hydrogen) atoms. The molecule has 1 aromatic carbocycles. The van der Waals surface area contributed by atoms with E-state index in [0.717, 1.165) is 43.0 Å². The fraction of sp³-hybridized carbons (Fsp3) is 0.500. The Labute approximate surface area is 178 Å². The molecule has 3 rings (SSSR count). The number of aliphatic imine (C=N–C) groups is 1. The molecule has 0 fully saturated rings. The lowest BCUT2D eigenvalue weighted by atomic mass is 9.72. The summed E-state index contributed by atoms with van der Waals surface area (Å²) in [6.45, 7) is 12.9. The van der Waals surface area contributed by atoms with Crippen molar-refractivity contribution in [3.63, 3.8) is 0 Å². The zero-order chi connectivity index (χ0) is 21.2. The predicted molar refractivity (Wildman–Crippen MR) is 123 cm³/mol. The molecule has 1 N–H and O–H groups in total. The molecule has 1 aromatic heterocycles. The number of hydrogen-bond acceptors (Lipinski definition) is 5. The summed E-state index contributed by atoms with van der Waals surface area (Å²) in [5.74, 6) is 0.847. The Morgan fingerprint density at radius 1 is 1.31 bits per heavy atom. The second-order valence-electron chi connectivity index (χ2n) is 8.78. The van der Waals surface area contributed by atoms with Crippen molar-refractivity contribution in [2.75, 3.05) is 18.0 Å². The van der Waals surface area contributed by atoms with Crippen LogP contribution in [0.5, 0.6) is 5.75 Å². The minimum absolute atomic E-state index is 0.214. The summed E-state index contributed by atoms with van der Waals surface area (Å²) in [5, 5.41) is 20.9. The van der Waals surface area contributed by atoms with Crippen molar-refractivity contribution in [1.29, 1.82) is 5.26 Å². The van der Waals surface area contributed by atoms with E-state index in [1.165, 1.54) is 10.4 Å². The van der Waals surface area contributed by atoms with Crippen LogP contribution < -0.4 is 4.90 Å². The highest BCUT2D eigenvalue weighted by molar-refractivity contribution is 7.16. The minimum Gasteiger partial charge on any atom is -0.507 e. The van der Waals surface area contributed by atoms with Gasteiger partial charge >= 0.3 is 0 Å². The van der Waals surface area contributed by atoms with Crippen molar-refractivity contribution in [3.05, 3.63) is 39.8 Å². The number of nitrogens with zero attached hydrogens (tertiary/aromatic N) is 3. The zero-order valence-corrected chi connectivity index (χ0v) is 18.9. The number of fused-ring (bicyclic) bond motifs is 1. The number of anilines is 1. The number of aromatic hydroxyl groups is 1. The molecule has 0 saturated heterocycles. The second-order valence-corrected chi connectivity index (χ2v) is 9.86. The van der Waals surface area contributed by atoms with Crippen LogP contribution in [0, 0.1) is 22.7 Å². The van der Waals surface area contributed by atoms with Crippen LogP contribution in [0.4, 0.5) is 10.7 Å². The third-order valence-electron chi connectivity index (χ3n) is 6.05. The number of benzene rings is 1. The largest absolute Gasteiger partial charge is 0.507 e. The van der Waals surface area contributed by atoms with E-state index in [4.69, 9.17) is 0 Å². The molecular weight excluding hydrogens is 378 g/mol. The van der Waals surface area contributed by atoms with Gasteiger partial charge in [-0.1, -0.05) is 20.8 Å². The first-order valence-electron chi connectivity index (χ1n) is 10.4. The van der Waals surface area contributed by atoms with Crippen molar-refractivity contribution in [2.45, 2.75) is 53.9 Å². The van der Waals surface area contributed by atoms with Crippen LogP contribution in [0.1, 0.15) is 62.6 Å². The molecule has 154 valence electrons. The summed E-state index contributed by atoms with van der Waals surface area (Å²) >= 11 is 1.64. The highest BCUT2D eigenvalue weighted by Crippen LogP contribution is 2.45. The molecule has 2 aromatic rings. The SMILES string of the molecule is CCN(CC)c1ccc(C=Nc2sc3c(c2C#N)CC[C@H](C(C)(C)C)C3)c(O)c1. The molecule has 0 saturated carbocycles. The van der Waals surface area contributed by atoms with E-state index >= 15 is 0 Å². The van der Waals surface area contributed by atoms with E-state index in [9.17, 15) is 10.4 Å². The first kappa shape index (κ1) is 21.4. The Bertz CT molecular complexity index is 942. The molecule has 0 bridgehead atoms. The Morgan fingerprint density at radius 2 is 2.03 bits per heavy atom. The van der Waals surface area contributed by atoms with E-state index in [0.29, 0.717) is 17.0 Å². The number of nitriles is 1. The van der Waals surface area contributed by atoms with Crippen LogP contribution in [0.3, 0.4) is 0 Å². The smallest absolute Gasteiger partial charge is 0.134 e. The Hall–Kier alpha value is -2.32. The highest BCUT2D eigenvalue weighted by Gasteiger charge is 2.32. The van der Waals surface area contributed by atoms with E-state index < -0.39 is 0 Å². The fourth-order valence-corrected chi connectivity index (χ4v) is 5.29. The van der Waals surface area contributed by atoms with E-state index in [-0.39, 0.29) is 11.2 Å². The molecule has 1 heterocycles. The lowest BCUT2D eigenvalue weighted by Crippen LogP contribution is -2.26. The maximum atomic E-state index is 10.4. The fourth-order valence-electron chi connectivity index (χ4n) is 4.07. The third kappa shape index (κ3) is 4.48. The minimum atomic E-state index is 0.214. The van der Waals surface area contributed by atoms with Gasteiger partial charge in [-0.25, -0.2) is 4.99 Å². The van der Waals surface area contributed by atoms with E-state index in [1.807, 2.05) is 12.1 Å². The summed E-state index contributed by atoms with van der Waals surface area (Å²) in [6, 6.07) is 8.06. The van der Waals surface area contributed by atoms with Gasteiger partial charge in [-0.15, -0.1) is 11.3 Å². The average molecular weight is 410 g/mol. The summed E-state index contributed by atoms with van der Waals surface area (Å²) in [6.07, 6.45) is 4.78. The number of thiophene rings is 1. The quantitative estimate of drug-likeness (QED) is 0.609. The normalized spacial score (nSPS) is 16.6.